The fourth-order valence-corrected chi connectivity index (χ4v) is 1.67. The molecule has 19 heavy (non-hydrogen) atoms. The van der Waals surface area contributed by atoms with Crippen LogP contribution in [0.25, 0.3) is 0 Å². The Balaban J connectivity index is 3.35. The first kappa shape index (κ1) is 16.4. The molecule has 0 spiro atoms. The van der Waals surface area contributed by atoms with E-state index in [2.05, 4.69) is 9.47 Å². The standard InChI is InChI=1S/C9H10F8O2/c1-3-4-6(11)5(2,10)18-7(19-6,8(12,13)14)9(15,16)17/h3-4H2,1-2H3. The molecule has 0 bridgehead atoms. The van der Waals surface area contributed by atoms with Gasteiger partial charge in [0.05, 0.1) is 0 Å². The van der Waals surface area contributed by atoms with Crippen LogP contribution >= 0.6 is 0 Å². The molecule has 10 heteroatoms. The summed E-state index contributed by atoms with van der Waals surface area (Å²) >= 11 is 0. The largest absolute Gasteiger partial charge is 0.453 e. The van der Waals surface area contributed by atoms with E-state index in [4.69, 9.17) is 0 Å². The van der Waals surface area contributed by atoms with Crippen LogP contribution in [-0.4, -0.2) is 29.8 Å². The van der Waals surface area contributed by atoms with Crippen molar-refractivity contribution in [2.45, 2.75) is 56.5 Å². The summed E-state index contributed by atoms with van der Waals surface area (Å²) in [4.78, 5) is 0. The number of rotatable bonds is 2. The Bertz CT molecular complexity index is 333. The van der Waals surface area contributed by atoms with Gasteiger partial charge >= 0.3 is 18.1 Å². The number of ether oxygens (including phenoxy) is 2. The molecule has 1 aliphatic rings. The summed E-state index contributed by atoms with van der Waals surface area (Å²) < 4.78 is 110. The highest BCUT2D eigenvalue weighted by Gasteiger charge is 2.85. The summed E-state index contributed by atoms with van der Waals surface area (Å²) in [7, 11) is 0. The van der Waals surface area contributed by atoms with E-state index < -0.39 is 36.3 Å². The smallest absolute Gasteiger partial charge is 0.293 e. The Morgan fingerprint density at radius 1 is 0.895 bits per heavy atom. The SMILES string of the molecule is CCCC1(F)OC(C(F)(F)F)(C(F)(F)F)OC1(C)F. The first-order valence-corrected chi connectivity index (χ1v) is 5.14. The van der Waals surface area contributed by atoms with Gasteiger partial charge in [-0.25, -0.2) is 8.78 Å². The lowest BCUT2D eigenvalue weighted by molar-refractivity contribution is -0.458. The van der Waals surface area contributed by atoms with Crippen LogP contribution in [0.4, 0.5) is 35.1 Å². The lowest BCUT2D eigenvalue weighted by Crippen LogP contribution is -2.58. The maximum Gasteiger partial charge on any atom is 0.453 e. The van der Waals surface area contributed by atoms with Crippen molar-refractivity contribution in [3.8, 4) is 0 Å². The molecule has 1 saturated heterocycles. The van der Waals surface area contributed by atoms with Gasteiger partial charge in [0.25, 0.3) is 11.7 Å². The summed E-state index contributed by atoms with van der Waals surface area (Å²) in [6.07, 6.45) is -13.6. The third-order valence-electron chi connectivity index (χ3n) is 2.63. The Kier molecular flexibility index (Phi) is 3.61. The molecule has 114 valence electrons. The predicted octanol–water partition coefficient (Wildman–Crippen LogP) is 4.01. The Morgan fingerprint density at radius 3 is 1.58 bits per heavy atom. The normalized spacial score (nSPS) is 35.7. The van der Waals surface area contributed by atoms with Crippen molar-refractivity contribution in [2.75, 3.05) is 0 Å². The minimum Gasteiger partial charge on any atom is -0.293 e. The van der Waals surface area contributed by atoms with E-state index in [9.17, 15) is 35.1 Å². The van der Waals surface area contributed by atoms with Gasteiger partial charge in [0, 0.05) is 13.3 Å². The lowest BCUT2D eigenvalue weighted by Gasteiger charge is -2.31. The van der Waals surface area contributed by atoms with Crippen LogP contribution in [0.15, 0.2) is 0 Å². The zero-order valence-electron chi connectivity index (χ0n) is 9.75. The minimum absolute atomic E-state index is 0.127. The monoisotopic (exact) mass is 302 g/mol. The molecule has 2 nitrogen and oxygen atoms in total. The van der Waals surface area contributed by atoms with Crippen LogP contribution in [0.5, 0.6) is 0 Å². The average molecular weight is 302 g/mol. The fourth-order valence-electron chi connectivity index (χ4n) is 1.67. The molecule has 0 saturated carbocycles. The topological polar surface area (TPSA) is 18.5 Å². The third-order valence-corrected chi connectivity index (χ3v) is 2.63. The van der Waals surface area contributed by atoms with Crippen molar-refractivity contribution in [3.05, 3.63) is 0 Å². The second kappa shape index (κ2) is 4.18. The van der Waals surface area contributed by atoms with Crippen LogP contribution in [0.1, 0.15) is 26.7 Å². The van der Waals surface area contributed by atoms with Gasteiger partial charge in [-0.3, -0.25) is 9.47 Å². The summed E-state index contributed by atoms with van der Waals surface area (Å²) in [6, 6.07) is 0. The van der Waals surface area contributed by atoms with Gasteiger partial charge in [-0.2, -0.15) is 26.3 Å². The minimum atomic E-state index is -6.18. The lowest BCUT2D eigenvalue weighted by atomic mass is 10.1. The zero-order chi connectivity index (χ0) is 15.3. The van der Waals surface area contributed by atoms with E-state index >= 15 is 0 Å². The molecule has 0 aliphatic carbocycles. The van der Waals surface area contributed by atoms with Crippen molar-refractivity contribution < 1.29 is 44.6 Å². The summed E-state index contributed by atoms with van der Waals surface area (Å²) in [5.41, 5.74) is 0. The van der Waals surface area contributed by atoms with E-state index in [-0.39, 0.29) is 13.3 Å². The molecule has 0 radical (unpaired) electrons. The molecular formula is C9H10F8O2. The van der Waals surface area contributed by atoms with Gasteiger partial charge in [-0.15, -0.1) is 0 Å². The van der Waals surface area contributed by atoms with Gasteiger partial charge in [0.2, 0.25) is 0 Å². The molecule has 2 atom stereocenters. The number of halogens is 8. The van der Waals surface area contributed by atoms with E-state index in [0.717, 1.165) is 0 Å². The van der Waals surface area contributed by atoms with Crippen LogP contribution in [0.3, 0.4) is 0 Å². The Labute approximate surface area is 102 Å². The van der Waals surface area contributed by atoms with Crippen LogP contribution < -0.4 is 0 Å². The second-order valence-electron chi connectivity index (χ2n) is 4.21. The maximum atomic E-state index is 13.9. The highest BCUT2D eigenvalue weighted by atomic mass is 19.4. The van der Waals surface area contributed by atoms with Crippen molar-refractivity contribution in [2.24, 2.45) is 0 Å². The first-order valence-electron chi connectivity index (χ1n) is 5.14. The van der Waals surface area contributed by atoms with Crippen molar-refractivity contribution >= 4 is 0 Å². The summed E-state index contributed by atoms with van der Waals surface area (Å²) in [5, 5.41) is 0. The van der Waals surface area contributed by atoms with E-state index in [1.54, 1.807) is 0 Å². The fraction of sp³-hybridized carbons (Fsp3) is 1.00. The van der Waals surface area contributed by atoms with Gasteiger partial charge in [-0.1, -0.05) is 13.3 Å². The maximum absolute atomic E-state index is 13.9. The van der Waals surface area contributed by atoms with Crippen molar-refractivity contribution in [1.29, 1.82) is 0 Å². The zero-order valence-corrected chi connectivity index (χ0v) is 9.75. The molecule has 2 unspecified atom stereocenters. The molecule has 0 N–H and O–H groups in total. The summed E-state index contributed by atoms with van der Waals surface area (Å²) in [6.45, 7) is 1.36. The molecule has 0 aromatic carbocycles. The highest BCUT2D eigenvalue weighted by molar-refractivity contribution is 5.01. The van der Waals surface area contributed by atoms with Crippen LogP contribution in [0.2, 0.25) is 0 Å². The van der Waals surface area contributed by atoms with E-state index in [0.29, 0.717) is 0 Å². The van der Waals surface area contributed by atoms with Gasteiger partial charge in [0.15, 0.2) is 0 Å². The Morgan fingerprint density at radius 2 is 1.32 bits per heavy atom. The molecule has 1 aliphatic heterocycles. The third kappa shape index (κ3) is 2.28. The summed E-state index contributed by atoms with van der Waals surface area (Å²) in [5.74, 6) is -13.0. The quantitative estimate of drug-likeness (QED) is 0.718. The molecular weight excluding hydrogens is 292 g/mol. The Hall–Kier alpha value is -0.640. The molecule has 1 fully saturated rings. The van der Waals surface area contributed by atoms with Crippen LogP contribution in [-0.2, 0) is 9.47 Å². The number of hydrogen-bond donors (Lipinski definition) is 0. The molecule has 1 heterocycles. The van der Waals surface area contributed by atoms with E-state index in [1.807, 2.05) is 0 Å². The van der Waals surface area contributed by atoms with E-state index in [1.165, 1.54) is 6.92 Å². The number of alkyl halides is 8. The van der Waals surface area contributed by atoms with Crippen LogP contribution in [0, 0.1) is 0 Å². The highest BCUT2D eigenvalue weighted by Crippen LogP contribution is 2.59. The molecule has 0 aromatic rings. The number of hydrogen-bond acceptors (Lipinski definition) is 2. The second-order valence-corrected chi connectivity index (χ2v) is 4.21. The predicted molar refractivity (Wildman–Crippen MR) is 45.3 cm³/mol. The van der Waals surface area contributed by atoms with Gasteiger partial charge in [0.1, 0.15) is 0 Å². The van der Waals surface area contributed by atoms with Crippen molar-refractivity contribution in [3.63, 3.8) is 0 Å². The van der Waals surface area contributed by atoms with Gasteiger partial charge in [-0.05, 0) is 0 Å². The molecule has 0 amide bonds. The van der Waals surface area contributed by atoms with Gasteiger partial charge < -0.3 is 0 Å². The average Bonchev–Trinajstić information content (AvgIpc) is 2.33. The molecule has 0 aromatic heterocycles. The van der Waals surface area contributed by atoms with Crippen molar-refractivity contribution in [1.82, 2.24) is 0 Å². The first-order chi connectivity index (χ1) is 8.22. The molecule has 1 rings (SSSR count).